The van der Waals surface area contributed by atoms with Crippen molar-refractivity contribution >= 4 is 16.7 Å². The summed E-state index contributed by atoms with van der Waals surface area (Å²) in [6.07, 6.45) is 3.50. The number of hydrogen-bond donors (Lipinski definition) is 1. The maximum Gasteiger partial charge on any atom is 0.128 e. The predicted molar refractivity (Wildman–Crippen MR) is 48.7 cm³/mol. The van der Waals surface area contributed by atoms with E-state index in [2.05, 4.69) is 9.97 Å². The van der Waals surface area contributed by atoms with Gasteiger partial charge in [0, 0.05) is 23.3 Å². The van der Waals surface area contributed by atoms with E-state index in [0.717, 1.165) is 16.5 Å². The van der Waals surface area contributed by atoms with Crippen molar-refractivity contribution in [2.45, 2.75) is 6.92 Å². The highest BCUT2D eigenvalue weighted by Gasteiger charge is 2.00. The molecule has 0 fully saturated rings. The predicted octanol–water partition coefficient (Wildman–Crippen LogP) is 1.52. The van der Waals surface area contributed by atoms with Crippen LogP contribution >= 0.6 is 0 Å². The van der Waals surface area contributed by atoms with Crippen LogP contribution in [0, 0.1) is 6.92 Å². The fourth-order valence-corrected chi connectivity index (χ4v) is 1.19. The SMILES string of the molecule is Cc1c(N)ncc2cccnc12. The molecule has 2 aromatic rings. The van der Waals surface area contributed by atoms with Crippen molar-refractivity contribution < 1.29 is 0 Å². The molecular weight excluding hydrogens is 150 g/mol. The smallest absolute Gasteiger partial charge is 0.128 e. The van der Waals surface area contributed by atoms with Gasteiger partial charge in [0.05, 0.1) is 5.52 Å². The van der Waals surface area contributed by atoms with Gasteiger partial charge in [-0.25, -0.2) is 4.98 Å². The first-order valence-corrected chi connectivity index (χ1v) is 3.75. The summed E-state index contributed by atoms with van der Waals surface area (Å²) in [5.74, 6) is 0.557. The Bertz CT molecular complexity index is 423. The Balaban J connectivity index is 2.91. The van der Waals surface area contributed by atoms with Crippen molar-refractivity contribution in [1.29, 1.82) is 0 Å². The second-order valence-corrected chi connectivity index (χ2v) is 2.71. The third-order valence-electron chi connectivity index (χ3n) is 1.92. The van der Waals surface area contributed by atoms with Crippen LogP contribution in [0.5, 0.6) is 0 Å². The number of hydrogen-bond acceptors (Lipinski definition) is 3. The fraction of sp³-hybridized carbons (Fsp3) is 0.111. The molecule has 0 saturated carbocycles. The summed E-state index contributed by atoms with van der Waals surface area (Å²) in [4.78, 5) is 8.27. The van der Waals surface area contributed by atoms with Gasteiger partial charge >= 0.3 is 0 Å². The van der Waals surface area contributed by atoms with Crippen LogP contribution in [0.2, 0.25) is 0 Å². The Labute approximate surface area is 70.3 Å². The molecule has 2 N–H and O–H groups in total. The van der Waals surface area contributed by atoms with Gasteiger partial charge in [-0.05, 0) is 19.1 Å². The van der Waals surface area contributed by atoms with Crippen molar-refractivity contribution in [2.24, 2.45) is 0 Å². The molecule has 12 heavy (non-hydrogen) atoms. The lowest BCUT2D eigenvalue weighted by molar-refractivity contribution is 1.28. The first-order valence-electron chi connectivity index (χ1n) is 3.75. The van der Waals surface area contributed by atoms with E-state index >= 15 is 0 Å². The highest BCUT2D eigenvalue weighted by molar-refractivity contribution is 5.83. The number of anilines is 1. The molecule has 60 valence electrons. The maximum absolute atomic E-state index is 5.63. The van der Waals surface area contributed by atoms with Gasteiger partial charge in [-0.15, -0.1) is 0 Å². The minimum Gasteiger partial charge on any atom is -0.383 e. The van der Waals surface area contributed by atoms with Crippen LogP contribution in [0.1, 0.15) is 5.56 Å². The van der Waals surface area contributed by atoms with Crippen LogP contribution in [-0.4, -0.2) is 9.97 Å². The minimum absolute atomic E-state index is 0.557. The van der Waals surface area contributed by atoms with Gasteiger partial charge in [0.25, 0.3) is 0 Å². The van der Waals surface area contributed by atoms with Crippen molar-refractivity contribution in [1.82, 2.24) is 9.97 Å². The fourth-order valence-electron chi connectivity index (χ4n) is 1.19. The Hall–Kier alpha value is -1.64. The molecule has 0 aliphatic rings. The second-order valence-electron chi connectivity index (χ2n) is 2.71. The summed E-state index contributed by atoms with van der Waals surface area (Å²) < 4.78 is 0. The van der Waals surface area contributed by atoms with Gasteiger partial charge in [0.2, 0.25) is 0 Å². The molecule has 3 nitrogen and oxygen atoms in total. The summed E-state index contributed by atoms with van der Waals surface area (Å²) >= 11 is 0. The van der Waals surface area contributed by atoms with Crippen molar-refractivity contribution in [3.05, 3.63) is 30.1 Å². The van der Waals surface area contributed by atoms with Gasteiger partial charge in [-0.2, -0.15) is 0 Å². The van der Waals surface area contributed by atoms with E-state index in [1.165, 1.54) is 0 Å². The number of aromatic nitrogens is 2. The zero-order valence-electron chi connectivity index (χ0n) is 6.78. The van der Waals surface area contributed by atoms with Gasteiger partial charge in [0.15, 0.2) is 0 Å². The molecule has 2 heterocycles. The summed E-state index contributed by atoms with van der Waals surface area (Å²) in [6, 6.07) is 3.86. The average molecular weight is 159 g/mol. The van der Waals surface area contributed by atoms with E-state index in [-0.39, 0.29) is 0 Å². The van der Waals surface area contributed by atoms with E-state index in [1.807, 2.05) is 19.1 Å². The van der Waals surface area contributed by atoms with E-state index in [0.29, 0.717) is 5.82 Å². The van der Waals surface area contributed by atoms with Crippen LogP contribution in [0.15, 0.2) is 24.5 Å². The molecule has 2 aromatic heterocycles. The van der Waals surface area contributed by atoms with E-state index in [1.54, 1.807) is 12.4 Å². The zero-order chi connectivity index (χ0) is 8.55. The Morgan fingerprint density at radius 2 is 2.17 bits per heavy atom. The third-order valence-corrected chi connectivity index (χ3v) is 1.92. The molecule has 0 amide bonds. The van der Waals surface area contributed by atoms with E-state index in [4.69, 9.17) is 5.73 Å². The lowest BCUT2D eigenvalue weighted by Gasteiger charge is -2.01. The third kappa shape index (κ3) is 0.906. The van der Waals surface area contributed by atoms with Crippen molar-refractivity contribution in [3.63, 3.8) is 0 Å². The molecule has 0 aliphatic heterocycles. The van der Waals surface area contributed by atoms with Gasteiger partial charge in [-0.3, -0.25) is 4.98 Å². The van der Waals surface area contributed by atoms with Gasteiger partial charge < -0.3 is 5.73 Å². The largest absolute Gasteiger partial charge is 0.383 e. The number of aryl methyl sites for hydroxylation is 1. The maximum atomic E-state index is 5.63. The van der Waals surface area contributed by atoms with E-state index in [9.17, 15) is 0 Å². The van der Waals surface area contributed by atoms with Crippen molar-refractivity contribution in [3.8, 4) is 0 Å². The Morgan fingerprint density at radius 3 is 3.00 bits per heavy atom. The standard InChI is InChI=1S/C9H9N3/c1-6-8-7(3-2-4-11-8)5-12-9(6)10/h2-5H,1H3,(H2,10,12). The molecule has 0 bridgehead atoms. The molecule has 3 heteroatoms. The molecule has 0 aromatic carbocycles. The lowest BCUT2D eigenvalue weighted by atomic mass is 10.2. The average Bonchev–Trinajstić information content (AvgIpc) is 2.12. The molecule has 0 radical (unpaired) electrons. The molecule has 0 saturated heterocycles. The number of nitrogens with zero attached hydrogens (tertiary/aromatic N) is 2. The molecule has 0 spiro atoms. The van der Waals surface area contributed by atoms with Gasteiger partial charge in [-0.1, -0.05) is 0 Å². The van der Waals surface area contributed by atoms with Gasteiger partial charge in [0.1, 0.15) is 5.82 Å². The topological polar surface area (TPSA) is 51.8 Å². The van der Waals surface area contributed by atoms with E-state index < -0.39 is 0 Å². The highest BCUT2D eigenvalue weighted by Crippen LogP contribution is 2.17. The second kappa shape index (κ2) is 2.44. The molecule has 2 rings (SSSR count). The number of nitrogen functional groups attached to an aromatic ring is 1. The normalized spacial score (nSPS) is 10.4. The Morgan fingerprint density at radius 1 is 1.33 bits per heavy atom. The summed E-state index contributed by atoms with van der Waals surface area (Å²) in [6.45, 7) is 1.93. The molecule has 0 aliphatic carbocycles. The highest BCUT2D eigenvalue weighted by atomic mass is 14.8. The Kier molecular flexibility index (Phi) is 1.43. The molecule has 0 unspecified atom stereocenters. The monoisotopic (exact) mass is 159 g/mol. The molecular formula is C9H9N3. The summed E-state index contributed by atoms with van der Waals surface area (Å²) in [5, 5.41) is 1.03. The van der Waals surface area contributed by atoms with Crippen LogP contribution < -0.4 is 5.73 Å². The van der Waals surface area contributed by atoms with Crippen LogP contribution in [-0.2, 0) is 0 Å². The number of nitrogens with two attached hydrogens (primary N) is 1. The minimum atomic E-state index is 0.557. The first kappa shape index (κ1) is 7.03. The summed E-state index contributed by atoms with van der Waals surface area (Å²) in [5.41, 5.74) is 7.52. The number of rotatable bonds is 0. The first-order chi connectivity index (χ1) is 5.79. The van der Waals surface area contributed by atoms with Crippen LogP contribution in [0.3, 0.4) is 0 Å². The van der Waals surface area contributed by atoms with Crippen LogP contribution in [0.25, 0.3) is 10.9 Å². The molecule has 0 atom stereocenters. The number of fused-ring (bicyclic) bond motifs is 1. The zero-order valence-corrected chi connectivity index (χ0v) is 6.78. The van der Waals surface area contributed by atoms with Crippen molar-refractivity contribution in [2.75, 3.05) is 5.73 Å². The van der Waals surface area contributed by atoms with Crippen LogP contribution in [0.4, 0.5) is 5.82 Å². The lowest BCUT2D eigenvalue weighted by Crippen LogP contribution is -1.95. The summed E-state index contributed by atoms with van der Waals surface area (Å²) in [7, 11) is 0. The quantitative estimate of drug-likeness (QED) is 0.634. The number of pyridine rings is 2.